The molecule has 0 aromatic heterocycles. The number of ether oxygens (including phenoxy) is 1. The van der Waals surface area contributed by atoms with Gasteiger partial charge in [-0.25, -0.2) is 4.21 Å². The second kappa shape index (κ2) is 7.45. The van der Waals surface area contributed by atoms with E-state index in [-0.39, 0.29) is 11.8 Å². The van der Waals surface area contributed by atoms with Crippen LogP contribution in [0.3, 0.4) is 0 Å². The highest BCUT2D eigenvalue weighted by atomic mass is 79.9. The first-order valence-corrected chi connectivity index (χ1v) is 10.2. The number of halogens is 1. The maximum Gasteiger partial charge on any atom is 0.0811 e. The van der Waals surface area contributed by atoms with Crippen LogP contribution in [0, 0.1) is 18.8 Å². The van der Waals surface area contributed by atoms with E-state index < -0.39 is 10.8 Å². The summed E-state index contributed by atoms with van der Waals surface area (Å²) in [7, 11) is -1.10. The molecule has 0 bridgehead atoms. The molecule has 0 spiro atoms. The largest absolute Gasteiger partial charge is 0.376 e. The quantitative estimate of drug-likeness (QED) is 0.693. The number of benzene rings is 1. The van der Waals surface area contributed by atoms with Gasteiger partial charge in [0.1, 0.15) is 0 Å². The van der Waals surface area contributed by atoms with Gasteiger partial charge in [0.2, 0.25) is 0 Å². The third kappa shape index (κ3) is 3.54. The highest BCUT2D eigenvalue weighted by Gasteiger charge is 2.35. The molecule has 1 saturated heterocycles. The first-order valence-electron chi connectivity index (χ1n) is 8.28. The van der Waals surface area contributed by atoms with Crippen molar-refractivity contribution in [3.8, 4) is 0 Å². The lowest BCUT2D eigenvalue weighted by molar-refractivity contribution is 0.195. The van der Waals surface area contributed by atoms with Crippen LogP contribution in [0.2, 0.25) is 0 Å². The molecule has 2 nitrogen and oxygen atoms in total. The van der Waals surface area contributed by atoms with Crippen molar-refractivity contribution in [1.82, 2.24) is 0 Å². The lowest BCUT2D eigenvalue weighted by atomic mass is 9.87. The van der Waals surface area contributed by atoms with Crippen LogP contribution in [0.5, 0.6) is 0 Å². The van der Waals surface area contributed by atoms with Crippen molar-refractivity contribution in [2.75, 3.05) is 13.2 Å². The minimum Gasteiger partial charge on any atom is -0.376 e. The Morgan fingerprint density at radius 3 is 2.74 bits per heavy atom. The van der Waals surface area contributed by atoms with Crippen LogP contribution in [0.1, 0.15) is 31.7 Å². The number of unbranched alkanes of at least 4 members (excludes halogenated alkanes) is 1. The van der Waals surface area contributed by atoms with Gasteiger partial charge in [-0.2, -0.15) is 0 Å². The van der Waals surface area contributed by atoms with Gasteiger partial charge in [0.25, 0.3) is 0 Å². The lowest BCUT2D eigenvalue weighted by Gasteiger charge is -2.27. The van der Waals surface area contributed by atoms with E-state index in [9.17, 15) is 4.21 Å². The third-order valence-electron chi connectivity index (χ3n) is 4.62. The first-order chi connectivity index (χ1) is 11.1. The molecule has 0 N–H and O–H groups in total. The van der Waals surface area contributed by atoms with Crippen LogP contribution in [0.25, 0.3) is 0 Å². The van der Waals surface area contributed by atoms with Crippen LogP contribution in [0.4, 0.5) is 0 Å². The fourth-order valence-corrected chi connectivity index (χ4v) is 5.70. The van der Waals surface area contributed by atoms with Crippen LogP contribution in [-0.4, -0.2) is 17.4 Å². The molecule has 4 heteroatoms. The Hall–Kier alpha value is -0.710. The number of rotatable bonds is 5. The number of aryl methyl sites for hydroxylation is 1. The van der Waals surface area contributed by atoms with E-state index in [2.05, 4.69) is 35.9 Å². The number of hydrogen-bond acceptors (Lipinski definition) is 2. The number of fused-ring (bicyclic) bond motifs is 1. The van der Waals surface area contributed by atoms with E-state index in [1.165, 1.54) is 15.6 Å². The molecule has 3 atom stereocenters. The van der Waals surface area contributed by atoms with Gasteiger partial charge in [-0.1, -0.05) is 59.5 Å². The molecule has 3 rings (SSSR count). The van der Waals surface area contributed by atoms with Gasteiger partial charge in [0.15, 0.2) is 0 Å². The van der Waals surface area contributed by atoms with Crippen molar-refractivity contribution < 1.29 is 8.95 Å². The van der Waals surface area contributed by atoms with Gasteiger partial charge in [-0.3, -0.25) is 0 Å². The summed E-state index contributed by atoms with van der Waals surface area (Å²) in [4.78, 5) is 1.94. The summed E-state index contributed by atoms with van der Waals surface area (Å²) in [6, 6.07) is 8.04. The Balaban J connectivity index is 1.94. The second-order valence-electron chi connectivity index (χ2n) is 6.34. The zero-order valence-electron chi connectivity index (χ0n) is 13.7. The predicted octanol–water partition coefficient (Wildman–Crippen LogP) is 5.10. The van der Waals surface area contributed by atoms with Crippen molar-refractivity contribution in [2.45, 2.75) is 38.0 Å². The lowest BCUT2D eigenvalue weighted by Crippen LogP contribution is -2.19. The first kappa shape index (κ1) is 17.1. The van der Waals surface area contributed by atoms with Crippen LogP contribution in [0.15, 0.2) is 50.2 Å². The Morgan fingerprint density at radius 1 is 1.30 bits per heavy atom. The standard InChI is InChI=1S/C19H23BrO2S/c1-3-4-5-16-18(10-14-11-22-12-17(14)19(16)20)23(21)15-8-6-13(2)7-9-15/h6-10,14,16H,3-5,11-12H2,1-2H3/t14-,16-,23-/m0/s1. The fourth-order valence-electron chi connectivity index (χ4n) is 3.23. The molecule has 23 heavy (non-hydrogen) atoms. The molecule has 1 fully saturated rings. The molecule has 0 saturated carbocycles. The molecule has 0 radical (unpaired) electrons. The minimum absolute atomic E-state index is 0.227. The summed E-state index contributed by atoms with van der Waals surface area (Å²) in [5.41, 5.74) is 2.54. The summed E-state index contributed by atoms with van der Waals surface area (Å²) >= 11 is 3.81. The van der Waals surface area contributed by atoms with Crippen LogP contribution < -0.4 is 0 Å². The number of hydrogen-bond donors (Lipinski definition) is 0. The Morgan fingerprint density at radius 2 is 2.04 bits per heavy atom. The van der Waals surface area contributed by atoms with Crippen molar-refractivity contribution >= 4 is 26.7 Å². The Labute approximate surface area is 149 Å². The van der Waals surface area contributed by atoms with E-state index in [4.69, 9.17) is 4.74 Å². The number of allylic oxidation sites excluding steroid dienone is 2. The summed E-state index contributed by atoms with van der Waals surface area (Å²) in [5, 5.41) is 0. The molecule has 1 heterocycles. The molecule has 1 aromatic carbocycles. The smallest absolute Gasteiger partial charge is 0.0811 e. The molecule has 0 amide bonds. The van der Waals surface area contributed by atoms with E-state index in [1.807, 2.05) is 24.3 Å². The topological polar surface area (TPSA) is 26.3 Å². The molecule has 0 unspecified atom stereocenters. The summed E-state index contributed by atoms with van der Waals surface area (Å²) < 4.78 is 20.0. The van der Waals surface area contributed by atoms with E-state index in [0.29, 0.717) is 13.2 Å². The van der Waals surface area contributed by atoms with Crippen molar-refractivity contribution in [2.24, 2.45) is 11.8 Å². The van der Waals surface area contributed by atoms with E-state index >= 15 is 0 Å². The average Bonchev–Trinajstić information content (AvgIpc) is 3.03. The van der Waals surface area contributed by atoms with Gasteiger partial charge < -0.3 is 4.74 Å². The average molecular weight is 395 g/mol. The van der Waals surface area contributed by atoms with Gasteiger partial charge in [-0.05, 0) is 31.1 Å². The predicted molar refractivity (Wildman–Crippen MR) is 98.9 cm³/mol. The van der Waals surface area contributed by atoms with Gasteiger partial charge in [-0.15, -0.1) is 0 Å². The zero-order valence-corrected chi connectivity index (χ0v) is 16.1. The van der Waals surface area contributed by atoms with Crippen molar-refractivity contribution in [3.63, 3.8) is 0 Å². The van der Waals surface area contributed by atoms with Crippen molar-refractivity contribution in [3.05, 3.63) is 50.9 Å². The van der Waals surface area contributed by atoms with Gasteiger partial charge >= 0.3 is 0 Å². The van der Waals surface area contributed by atoms with Gasteiger partial charge in [0, 0.05) is 26.1 Å². The second-order valence-corrected chi connectivity index (χ2v) is 8.68. The SMILES string of the molecule is CCCC[C@H]1C([S@@](=O)c2ccc(C)cc2)=C[C@H]2COCC2=C1Br. The zero-order chi connectivity index (χ0) is 16.4. The molecule has 1 aromatic rings. The van der Waals surface area contributed by atoms with Crippen LogP contribution >= 0.6 is 15.9 Å². The van der Waals surface area contributed by atoms with Gasteiger partial charge in [0.05, 0.1) is 24.0 Å². The maximum atomic E-state index is 13.2. The normalized spacial score (nSPS) is 25.3. The van der Waals surface area contributed by atoms with E-state index in [0.717, 1.165) is 29.1 Å². The minimum atomic E-state index is -1.10. The van der Waals surface area contributed by atoms with Crippen LogP contribution in [-0.2, 0) is 15.5 Å². The monoisotopic (exact) mass is 394 g/mol. The third-order valence-corrected chi connectivity index (χ3v) is 7.23. The van der Waals surface area contributed by atoms with E-state index in [1.54, 1.807) is 0 Å². The molecule has 1 aliphatic carbocycles. The molecule has 124 valence electrons. The Kier molecular flexibility index (Phi) is 5.55. The summed E-state index contributed by atoms with van der Waals surface area (Å²) in [6.07, 6.45) is 5.54. The highest BCUT2D eigenvalue weighted by Crippen LogP contribution is 2.44. The molecule has 2 aliphatic rings. The molecule has 1 aliphatic heterocycles. The summed E-state index contributed by atoms with van der Waals surface area (Å²) in [6.45, 7) is 5.66. The maximum absolute atomic E-state index is 13.2. The highest BCUT2D eigenvalue weighted by molar-refractivity contribution is 9.11. The molecular weight excluding hydrogens is 372 g/mol. The summed E-state index contributed by atoms with van der Waals surface area (Å²) in [5.74, 6) is 0.511. The molecular formula is C19H23BrO2S. The van der Waals surface area contributed by atoms with Crippen molar-refractivity contribution in [1.29, 1.82) is 0 Å². The fraction of sp³-hybridized carbons (Fsp3) is 0.474. The Bertz CT molecular complexity index is 660.